The number of ketones is 1. The van der Waals surface area contributed by atoms with Crippen molar-refractivity contribution >= 4 is 29.4 Å². The van der Waals surface area contributed by atoms with Crippen LogP contribution in [-0.2, 0) is 14.3 Å². The summed E-state index contributed by atoms with van der Waals surface area (Å²) in [5.74, 6) is -0.823. The molecule has 7 nitrogen and oxygen atoms in total. The summed E-state index contributed by atoms with van der Waals surface area (Å²) < 4.78 is 5.80. The molecule has 4 atom stereocenters. The Labute approximate surface area is 225 Å². The summed E-state index contributed by atoms with van der Waals surface area (Å²) in [6.07, 6.45) is 5.56. The molecule has 0 aromatic heterocycles. The number of fused-ring (bicyclic) bond motifs is 1. The lowest BCUT2D eigenvalue weighted by Crippen LogP contribution is -2.45. The van der Waals surface area contributed by atoms with E-state index in [1.54, 1.807) is 16.7 Å². The number of carbonyl (C=O) groups is 3. The summed E-state index contributed by atoms with van der Waals surface area (Å²) in [4.78, 5) is 43.9. The number of benzene rings is 1. The van der Waals surface area contributed by atoms with Gasteiger partial charge in [0.05, 0.1) is 17.3 Å². The zero-order valence-corrected chi connectivity index (χ0v) is 23.8. The minimum absolute atomic E-state index is 0.0351. The molecule has 0 unspecified atom stereocenters. The van der Waals surface area contributed by atoms with E-state index in [4.69, 9.17) is 10.5 Å². The van der Waals surface area contributed by atoms with Gasteiger partial charge in [-0.05, 0) is 80.1 Å². The van der Waals surface area contributed by atoms with Crippen molar-refractivity contribution in [2.24, 2.45) is 11.1 Å². The van der Waals surface area contributed by atoms with Crippen molar-refractivity contribution in [1.82, 2.24) is 9.80 Å². The maximum atomic E-state index is 14.3. The molecule has 3 saturated heterocycles. The van der Waals surface area contributed by atoms with Crippen LogP contribution in [0.2, 0.25) is 0 Å². The van der Waals surface area contributed by atoms with Gasteiger partial charge >= 0.3 is 0 Å². The molecule has 0 saturated carbocycles. The van der Waals surface area contributed by atoms with Crippen molar-refractivity contribution in [1.29, 1.82) is 0 Å². The molecule has 2 N–H and O–H groups in total. The molecule has 0 radical (unpaired) electrons. The minimum Gasteiger partial charge on any atom is -0.367 e. The molecule has 3 heterocycles. The Morgan fingerprint density at radius 3 is 2.51 bits per heavy atom. The van der Waals surface area contributed by atoms with E-state index >= 15 is 0 Å². The first kappa shape index (κ1) is 28.1. The molecule has 0 aliphatic carbocycles. The van der Waals surface area contributed by atoms with Gasteiger partial charge in [0.25, 0.3) is 0 Å². The predicted octanol–water partition coefficient (Wildman–Crippen LogP) is 3.81. The second-order valence-corrected chi connectivity index (χ2v) is 13.2. The Bertz CT molecular complexity index is 1010. The van der Waals surface area contributed by atoms with Crippen LogP contribution >= 0.6 is 11.8 Å². The molecule has 0 bridgehead atoms. The highest BCUT2D eigenvalue weighted by Gasteiger charge is 2.53. The number of rotatable bonds is 8. The summed E-state index contributed by atoms with van der Waals surface area (Å²) in [5, 5.41) is 0.0611. The van der Waals surface area contributed by atoms with Gasteiger partial charge in [0.15, 0.2) is 5.78 Å². The van der Waals surface area contributed by atoms with Crippen LogP contribution in [0.25, 0.3) is 0 Å². The van der Waals surface area contributed by atoms with Crippen molar-refractivity contribution in [3.05, 3.63) is 34.9 Å². The molecule has 3 aliphatic heterocycles. The second-order valence-electron chi connectivity index (χ2n) is 12.1. The fraction of sp³-hybridized carbons (Fsp3) is 0.690. The van der Waals surface area contributed by atoms with Crippen molar-refractivity contribution in [2.45, 2.75) is 82.6 Å². The van der Waals surface area contributed by atoms with Gasteiger partial charge < -0.3 is 20.3 Å². The van der Waals surface area contributed by atoms with Gasteiger partial charge in [-0.15, -0.1) is 0 Å². The van der Waals surface area contributed by atoms with E-state index in [1.165, 1.54) is 5.56 Å². The number of nitrogens with zero attached hydrogens (tertiary/aromatic N) is 2. The van der Waals surface area contributed by atoms with Crippen LogP contribution in [0.5, 0.6) is 0 Å². The Morgan fingerprint density at radius 2 is 1.92 bits per heavy atom. The highest BCUT2D eigenvalue weighted by molar-refractivity contribution is 7.99. The van der Waals surface area contributed by atoms with E-state index in [2.05, 4.69) is 38.7 Å². The van der Waals surface area contributed by atoms with Crippen LogP contribution in [0, 0.1) is 5.41 Å². The van der Waals surface area contributed by atoms with E-state index in [0.717, 1.165) is 38.9 Å². The third kappa shape index (κ3) is 6.07. The van der Waals surface area contributed by atoms with E-state index in [0.29, 0.717) is 30.0 Å². The summed E-state index contributed by atoms with van der Waals surface area (Å²) >= 11 is 1.64. The number of hydrogen-bond donors (Lipinski definition) is 1. The number of hydrogen-bond acceptors (Lipinski definition) is 6. The van der Waals surface area contributed by atoms with Crippen LogP contribution < -0.4 is 5.73 Å². The lowest BCUT2D eigenvalue weighted by atomic mass is 9.77. The molecule has 3 aliphatic rings. The van der Waals surface area contributed by atoms with Crippen molar-refractivity contribution < 1.29 is 19.1 Å². The molecule has 0 spiro atoms. The molecule has 37 heavy (non-hydrogen) atoms. The number of likely N-dealkylation sites (tertiary alicyclic amines) is 2. The van der Waals surface area contributed by atoms with Crippen LogP contribution in [0.15, 0.2) is 18.2 Å². The van der Waals surface area contributed by atoms with Gasteiger partial charge in [0, 0.05) is 12.1 Å². The van der Waals surface area contributed by atoms with Crippen molar-refractivity contribution in [3.8, 4) is 0 Å². The number of amides is 2. The SMILES string of the molecule is CCCN1CCC(c2ccc(C(N)=O)c([C@H](CC(C)(C)C)C(=O)N3C[C@H](SC)[C@H]4OCC(=O)[C@H]43)c2)CC1. The summed E-state index contributed by atoms with van der Waals surface area (Å²) in [6, 6.07) is 5.36. The molecular formula is C29H43N3O4S. The molecule has 204 valence electrons. The van der Waals surface area contributed by atoms with Gasteiger partial charge in [-0.2, -0.15) is 11.8 Å². The Morgan fingerprint density at radius 1 is 1.22 bits per heavy atom. The number of nitrogens with two attached hydrogens (primary N) is 1. The second kappa shape index (κ2) is 11.5. The molecule has 1 aromatic rings. The van der Waals surface area contributed by atoms with Gasteiger partial charge in [-0.1, -0.05) is 39.8 Å². The summed E-state index contributed by atoms with van der Waals surface area (Å²) in [6.45, 7) is 12.3. The van der Waals surface area contributed by atoms with Gasteiger partial charge in [0.2, 0.25) is 11.8 Å². The fourth-order valence-electron chi connectivity index (χ4n) is 6.34. The quantitative estimate of drug-likeness (QED) is 0.551. The Hall–Kier alpha value is -1.90. The average Bonchev–Trinajstić information content (AvgIpc) is 3.42. The summed E-state index contributed by atoms with van der Waals surface area (Å²) in [7, 11) is 0. The highest BCUT2D eigenvalue weighted by Crippen LogP contribution is 2.41. The molecule has 4 rings (SSSR count). The first-order chi connectivity index (χ1) is 17.5. The maximum Gasteiger partial charge on any atom is 0.249 e. The maximum absolute atomic E-state index is 14.3. The van der Waals surface area contributed by atoms with E-state index in [9.17, 15) is 14.4 Å². The standard InChI is InChI=1S/C29H43N3O4S/c1-6-11-31-12-9-18(10-13-31)19-7-8-20(27(30)34)21(14-19)22(15-29(2,3)4)28(35)32-16-24(37-5)26-25(32)23(33)17-36-26/h7-8,14,18,22,24-26H,6,9-13,15-17H2,1-5H3,(H2,30,34)/t22-,24-,25+,26+/m0/s1. The third-order valence-electron chi connectivity index (χ3n) is 8.15. The number of thioether (sulfide) groups is 1. The smallest absolute Gasteiger partial charge is 0.249 e. The van der Waals surface area contributed by atoms with Gasteiger partial charge in [0.1, 0.15) is 12.6 Å². The molecule has 2 amide bonds. The van der Waals surface area contributed by atoms with E-state index < -0.39 is 17.9 Å². The largest absolute Gasteiger partial charge is 0.367 e. The Kier molecular flexibility index (Phi) is 8.71. The molecule has 3 fully saturated rings. The topological polar surface area (TPSA) is 92.9 Å². The summed E-state index contributed by atoms with van der Waals surface area (Å²) in [5.41, 5.74) is 7.96. The number of carbonyl (C=O) groups excluding carboxylic acids is 3. The zero-order chi connectivity index (χ0) is 26.9. The molecular weight excluding hydrogens is 486 g/mol. The monoisotopic (exact) mass is 529 g/mol. The lowest BCUT2D eigenvalue weighted by molar-refractivity contribution is -0.138. The normalized spacial score (nSPS) is 25.9. The van der Waals surface area contributed by atoms with E-state index in [-0.39, 0.29) is 35.1 Å². The van der Waals surface area contributed by atoms with Gasteiger partial charge in [-0.3, -0.25) is 14.4 Å². The van der Waals surface area contributed by atoms with Crippen LogP contribution in [0.1, 0.15) is 86.7 Å². The van der Waals surface area contributed by atoms with Crippen LogP contribution in [0.4, 0.5) is 0 Å². The van der Waals surface area contributed by atoms with Crippen molar-refractivity contribution in [2.75, 3.05) is 39.0 Å². The van der Waals surface area contributed by atoms with Crippen LogP contribution in [0.3, 0.4) is 0 Å². The fourth-order valence-corrected chi connectivity index (χ4v) is 7.15. The first-order valence-corrected chi connectivity index (χ1v) is 15.0. The zero-order valence-electron chi connectivity index (χ0n) is 23.0. The minimum atomic E-state index is -0.558. The van der Waals surface area contributed by atoms with E-state index in [1.807, 2.05) is 18.4 Å². The highest BCUT2D eigenvalue weighted by atomic mass is 32.2. The van der Waals surface area contributed by atoms with Gasteiger partial charge in [-0.25, -0.2) is 0 Å². The number of Topliss-reactive ketones (excluding diaryl/α,β-unsaturated/α-hetero) is 1. The molecule has 1 aromatic carbocycles. The number of primary amides is 1. The first-order valence-electron chi connectivity index (χ1n) is 13.7. The lowest BCUT2D eigenvalue weighted by Gasteiger charge is -2.34. The predicted molar refractivity (Wildman–Crippen MR) is 148 cm³/mol. The Balaban J connectivity index is 1.70. The average molecular weight is 530 g/mol. The third-order valence-corrected chi connectivity index (χ3v) is 9.18. The molecule has 8 heteroatoms. The number of piperidine rings is 1. The van der Waals surface area contributed by atoms with Crippen LogP contribution in [-0.4, -0.2) is 83.8 Å². The van der Waals surface area contributed by atoms with Crippen molar-refractivity contribution in [3.63, 3.8) is 0 Å². The number of ether oxygens (including phenoxy) is 1.